The Labute approximate surface area is 155 Å². The first-order valence-corrected chi connectivity index (χ1v) is 9.76. The number of rotatable bonds is 5. The van der Waals surface area contributed by atoms with Crippen molar-refractivity contribution in [1.29, 1.82) is 0 Å². The van der Waals surface area contributed by atoms with Crippen molar-refractivity contribution in [2.45, 2.75) is 56.7 Å². The molecule has 1 aliphatic carbocycles. The zero-order valence-corrected chi connectivity index (χ0v) is 15.8. The van der Waals surface area contributed by atoms with Crippen molar-refractivity contribution in [1.82, 2.24) is 9.80 Å². The van der Waals surface area contributed by atoms with Crippen LogP contribution in [0.5, 0.6) is 0 Å². The van der Waals surface area contributed by atoms with Crippen LogP contribution in [0.1, 0.15) is 50.1 Å². The van der Waals surface area contributed by atoms with E-state index < -0.39 is 6.04 Å². The molecule has 0 unspecified atom stereocenters. The Hall–Kier alpha value is -1.55. The summed E-state index contributed by atoms with van der Waals surface area (Å²) in [6.07, 6.45) is 7.28. The van der Waals surface area contributed by atoms with Crippen molar-refractivity contribution in [3.8, 4) is 0 Å². The lowest BCUT2D eigenvalue weighted by atomic mass is 9.87. The van der Waals surface area contributed by atoms with Crippen LogP contribution in [0.4, 0.5) is 0 Å². The van der Waals surface area contributed by atoms with Crippen LogP contribution < -0.4 is 0 Å². The number of hydrogen-bond donors (Lipinski definition) is 0. The minimum atomic E-state index is -0.579. The van der Waals surface area contributed by atoms with Gasteiger partial charge in [0.05, 0.1) is 5.16 Å². The van der Waals surface area contributed by atoms with Gasteiger partial charge in [0, 0.05) is 19.1 Å². The van der Waals surface area contributed by atoms with Crippen LogP contribution in [-0.2, 0) is 4.79 Å². The minimum absolute atomic E-state index is 0.0275. The maximum atomic E-state index is 13.2. The number of isothiocyanates is 1. The second kappa shape index (κ2) is 8.70. The second-order valence-electron chi connectivity index (χ2n) is 7.14. The molecule has 0 radical (unpaired) electrons. The molecule has 134 valence electrons. The Morgan fingerprint density at radius 2 is 1.88 bits per heavy atom. The molecule has 1 amide bonds. The Kier molecular flexibility index (Phi) is 6.35. The lowest BCUT2D eigenvalue weighted by molar-refractivity contribution is -0.135. The van der Waals surface area contributed by atoms with E-state index in [9.17, 15) is 4.79 Å². The molecular weight excluding hydrogens is 330 g/mol. The van der Waals surface area contributed by atoms with Crippen molar-refractivity contribution < 1.29 is 4.79 Å². The van der Waals surface area contributed by atoms with E-state index in [0.717, 1.165) is 12.0 Å². The average Bonchev–Trinajstić information content (AvgIpc) is 3.20. The smallest absolute Gasteiger partial charge is 0.252 e. The number of aliphatic imine (C=N–C) groups is 1. The summed E-state index contributed by atoms with van der Waals surface area (Å²) < 4.78 is 0. The van der Waals surface area contributed by atoms with Crippen LogP contribution in [0, 0.1) is 0 Å². The fourth-order valence-corrected chi connectivity index (χ4v) is 4.46. The highest BCUT2D eigenvalue weighted by Gasteiger charge is 2.37. The molecule has 1 saturated carbocycles. The second-order valence-corrected chi connectivity index (χ2v) is 7.33. The molecule has 3 atom stereocenters. The molecule has 1 heterocycles. The standard InChI is InChI=1S/C20H27N3OS/c1-22(17-11-5-6-12-18(17)23-13-7-8-14-23)20(24)19(21-15-25)16-9-3-2-4-10-16/h2-4,9-10,17-19H,5-8,11-14H2,1H3/t17-,18-,19-/m1/s1. The van der Waals surface area contributed by atoms with Crippen molar-refractivity contribution >= 4 is 23.3 Å². The topological polar surface area (TPSA) is 35.9 Å². The highest BCUT2D eigenvalue weighted by molar-refractivity contribution is 7.78. The van der Waals surface area contributed by atoms with Crippen LogP contribution in [0.15, 0.2) is 35.3 Å². The van der Waals surface area contributed by atoms with Gasteiger partial charge >= 0.3 is 0 Å². The van der Waals surface area contributed by atoms with E-state index in [1.54, 1.807) is 0 Å². The molecule has 25 heavy (non-hydrogen) atoms. The van der Waals surface area contributed by atoms with Crippen LogP contribution in [-0.4, -0.2) is 53.1 Å². The first-order chi connectivity index (χ1) is 12.2. The first kappa shape index (κ1) is 18.2. The quantitative estimate of drug-likeness (QED) is 0.595. The number of likely N-dealkylation sites (tertiary alicyclic amines) is 1. The van der Waals surface area contributed by atoms with Gasteiger partial charge in [-0.25, -0.2) is 4.99 Å². The largest absolute Gasteiger partial charge is 0.339 e. The zero-order chi connectivity index (χ0) is 17.6. The number of amides is 1. The Bertz CT molecular complexity index is 623. The maximum absolute atomic E-state index is 13.2. The molecule has 4 nitrogen and oxygen atoms in total. The van der Waals surface area contributed by atoms with Crippen LogP contribution in [0.3, 0.4) is 0 Å². The van der Waals surface area contributed by atoms with E-state index in [-0.39, 0.29) is 11.9 Å². The number of carbonyl (C=O) groups is 1. The average molecular weight is 358 g/mol. The molecule has 1 aromatic rings. The summed E-state index contributed by atoms with van der Waals surface area (Å²) in [5.74, 6) is 0.0275. The SMILES string of the molecule is CN(C(=O)[C@H](N=C=S)c1ccccc1)[C@@H]1CCCC[C@H]1N1CCCC1. The van der Waals surface area contributed by atoms with Gasteiger partial charge in [0.2, 0.25) is 0 Å². The molecule has 3 rings (SSSR count). The van der Waals surface area contributed by atoms with E-state index in [2.05, 4.69) is 15.1 Å². The van der Waals surface area contributed by atoms with E-state index in [0.29, 0.717) is 6.04 Å². The molecule has 1 aromatic carbocycles. The fourth-order valence-electron chi connectivity index (χ4n) is 4.36. The Morgan fingerprint density at radius 1 is 1.20 bits per heavy atom. The lowest BCUT2D eigenvalue weighted by Gasteiger charge is -2.43. The molecule has 0 aromatic heterocycles. The monoisotopic (exact) mass is 357 g/mol. The number of likely N-dealkylation sites (N-methyl/N-ethyl adjacent to an activating group) is 1. The summed E-state index contributed by atoms with van der Waals surface area (Å²) in [6, 6.07) is 9.86. The number of nitrogens with zero attached hydrogens (tertiary/aromatic N) is 3. The normalized spacial score (nSPS) is 25.2. The van der Waals surface area contributed by atoms with E-state index in [4.69, 9.17) is 12.2 Å². The number of hydrogen-bond acceptors (Lipinski definition) is 4. The molecule has 1 saturated heterocycles. The fraction of sp³-hybridized carbons (Fsp3) is 0.600. The summed E-state index contributed by atoms with van der Waals surface area (Å²) in [4.78, 5) is 21.9. The van der Waals surface area contributed by atoms with E-state index in [1.807, 2.05) is 42.3 Å². The Balaban J connectivity index is 1.79. The highest BCUT2D eigenvalue weighted by Crippen LogP contribution is 2.31. The van der Waals surface area contributed by atoms with Gasteiger partial charge in [-0.2, -0.15) is 0 Å². The van der Waals surface area contributed by atoms with Gasteiger partial charge in [-0.15, -0.1) is 0 Å². The summed E-state index contributed by atoms with van der Waals surface area (Å²) >= 11 is 4.81. The Morgan fingerprint density at radius 3 is 2.56 bits per heavy atom. The molecule has 2 fully saturated rings. The summed E-state index contributed by atoms with van der Waals surface area (Å²) in [5.41, 5.74) is 0.880. The molecule has 0 N–H and O–H groups in total. The van der Waals surface area contributed by atoms with Crippen LogP contribution >= 0.6 is 12.2 Å². The minimum Gasteiger partial charge on any atom is -0.339 e. The van der Waals surface area contributed by atoms with Crippen LogP contribution in [0.25, 0.3) is 0 Å². The number of carbonyl (C=O) groups excluding carboxylic acids is 1. The zero-order valence-electron chi connectivity index (χ0n) is 14.9. The lowest BCUT2D eigenvalue weighted by Crippen LogP contribution is -2.53. The first-order valence-electron chi connectivity index (χ1n) is 9.35. The van der Waals surface area contributed by atoms with Gasteiger partial charge in [0.15, 0.2) is 6.04 Å². The molecule has 0 spiro atoms. The maximum Gasteiger partial charge on any atom is 0.252 e. The molecule has 5 heteroatoms. The molecule has 0 bridgehead atoms. The van der Waals surface area contributed by atoms with Crippen molar-refractivity contribution in [3.63, 3.8) is 0 Å². The predicted octanol–water partition coefficient (Wildman–Crippen LogP) is 3.70. The van der Waals surface area contributed by atoms with Gasteiger partial charge in [0.25, 0.3) is 5.91 Å². The van der Waals surface area contributed by atoms with Crippen molar-refractivity contribution in [2.24, 2.45) is 4.99 Å². The van der Waals surface area contributed by atoms with Gasteiger partial charge in [-0.05, 0) is 56.6 Å². The third kappa shape index (κ3) is 4.17. The van der Waals surface area contributed by atoms with Crippen LogP contribution in [0.2, 0.25) is 0 Å². The summed E-state index contributed by atoms with van der Waals surface area (Å²) in [6.45, 7) is 2.34. The third-order valence-corrected chi connectivity index (χ3v) is 5.79. The van der Waals surface area contributed by atoms with Gasteiger partial charge < -0.3 is 4.90 Å². The summed E-state index contributed by atoms with van der Waals surface area (Å²) in [5, 5.41) is 2.42. The molecular formula is C20H27N3OS. The van der Waals surface area contributed by atoms with Crippen molar-refractivity contribution in [3.05, 3.63) is 35.9 Å². The number of thiocarbonyl (C=S) groups is 1. The van der Waals surface area contributed by atoms with E-state index in [1.165, 1.54) is 45.2 Å². The van der Waals surface area contributed by atoms with E-state index >= 15 is 0 Å². The predicted molar refractivity (Wildman–Crippen MR) is 104 cm³/mol. The van der Waals surface area contributed by atoms with Gasteiger partial charge in [-0.3, -0.25) is 9.69 Å². The third-order valence-electron chi connectivity index (χ3n) is 5.68. The highest BCUT2D eigenvalue weighted by atomic mass is 32.1. The number of benzene rings is 1. The summed E-state index contributed by atoms with van der Waals surface area (Å²) in [7, 11) is 1.94. The molecule has 1 aliphatic heterocycles. The van der Waals surface area contributed by atoms with Gasteiger partial charge in [-0.1, -0.05) is 43.2 Å². The van der Waals surface area contributed by atoms with Crippen molar-refractivity contribution in [2.75, 3.05) is 20.1 Å². The van der Waals surface area contributed by atoms with Gasteiger partial charge in [0.1, 0.15) is 0 Å². The molecule has 2 aliphatic rings.